The minimum atomic E-state index is -0.788. The zero-order chi connectivity index (χ0) is 29.7. The number of rotatable bonds is 10. The number of nitrogens with zero attached hydrogens (tertiary/aromatic N) is 2. The van der Waals surface area contributed by atoms with Gasteiger partial charge in [-0.25, -0.2) is 14.6 Å². The SMILES string of the molecule is CCOC(=O)C1=C(C)N=c2sc(=Cc3ccc(OCC(=O)OC)cc3)c(=O)n2C1c1ccc(OC(C)C)c(OC)c1. The molecule has 1 atom stereocenters. The molecule has 2 heterocycles. The first-order valence-electron chi connectivity index (χ1n) is 13.0. The molecule has 0 N–H and O–H groups in total. The summed E-state index contributed by atoms with van der Waals surface area (Å²) >= 11 is 1.22. The first kappa shape index (κ1) is 29.6. The van der Waals surface area contributed by atoms with Gasteiger partial charge >= 0.3 is 11.9 Å². The van der Waals surface area contributed by atoms with Crippen LogP contribution < -0.4 is 29.1 Å². The number of hydrogen-bond acceptors (Lipinski definition) is 10. The van der Waals surface area contributed by atoms with Crippen LogP contribution in [0.3, 0.4) is 0 Å². The van der Waals surface area contributed by atoms with Crippen LogP contribution in [0.15, 0.2) is 63.5 Å². The molecule has 0 saturated heterocycles. The molecule has 0 aliphatic carbocycles. The van der Waals surface area contributed by atoms with Crippen LogP contribution in [0.4, 0.5) is 0 Å². The Labute approximate surface area is 241 Å². The van der Waals surface area contributed by atoms with Gasteiger partial charge in [0.25, 0.3) is 5.56 Å². The van der Waals surface area contributed by atoms with Crippen molar-refractivity contribution in [2.24, 2.45) is 4.99 Å². The molecule has 3 aromatic rings. The highest BCUT2D eigenvalue weighted by Gasteiger charge is 2.34. The smallest absolute Gasteiger partial charge is 0.343 e. The van der Waals surface area contributed by atoms with Crippen LogP contribution >= 0.6 is 11.3 Å². The average Bonchev–Trinajstić information content (AvgIpc) is 3.25. The molecule has 0 spiro atoms. The minimum Gasteiger partial charge on any atom is -0.493 e. The molecule has 0 amide bonds. The summed E-state index contributed by atoms with van der Waals surface area (Å²) in [5.41, 5.74) is 1.83. The van der Waals surface area contributed by atoms with E-state index in [-0.39, 0.29) is 30.5 Å². The molecule has 2 aromatic carbocycles. The van der Waals surface area contributed by atoms with Crippen molar-refractivity contribution in [1.29, 1.82) is 0 Å². The number of esters is 2. The van der Waals surface area contributed by atoms with Crippen LogP contribution in [-0.2, 0) is 19.1 Å². The lowest BCUT2D eigenvalue weighted by atomic mass is 9.95. The average molecular weight is 581 g/mol. The van der Waals surface area contributed by atoms with Gasteiger partial charge < -0.3 is 23.7 Å². The quantitative estimate of drug-likeness (QED) is 0.336. The Hall–Kier alpha value is -4.38. The number of allylic oxidation sites excluding steroid dienone is 1. The maximum absolute atomic E-state index is 13.9. The highest BCUT2D eigenvalue weighted by molar-refractivity contribution is 7.07. The zero-order valence-electron chi connectivity index (χ0n) is 23.8. The fourth-order valence-corrected chi connectivity index (χ4v) is 5.37. The van der Waals surface area contributed by atoms with Gasteiger partial charge in [0, 0.05) is 0 Å². The first-order valence-corrected chi connectivity index (χ1v) is 13.8. The Bertz CT molecular complexity index is 1650. The molecular formula is C30H32N2O8S. The second kappa shape index (κ2) is 12.9. The lowest BCUT2D eigenvalue weighted by Gasteiger charge is -2.25. The van der Waals surface area contributed by atoms with Crippen molar-refractivity contribution < 1.29 is 33.3 Å². The third kappa shape index (κ3) is 6.51. The molecule has 1 aliphatic rings. The Balaban J connectivity index is 1.81. The molecule has 1 unspecified atom stereocenters. The third-order valence-electron chi connectivity index (χ3n) is 6.15. The highest BCUT2D eigenvalue weighted by atomic mass is 32.1. The number of hydrogen-bond donors (Lipinski definition) is 0. The zero-order valence-corrected chi connectivity index (χ0v) is 24.6. The van der Waals surface area contributed by atoms with E-state index < -0.39 is 18.0 Å². The second-order valence-corrected chi connectivity index (χ2v) is 10.3. The van der Waals surface area contributed by atoms with E-state index in [9.17, 15) is 14.4 Å². The Kier molecular flexibility index (Phi) is 9.28. The summed E-state index contributed by atoms with van der Waals surface area (Å²) in [4.78, 5) is 43.4. The summed E-state index contributed by atoms with van der Waals surface area (Å²) in [6.07, 6.45) is 1.67. The van der Waals surface area contributed by atoms with Crippen molar-refractivity contribution in [2.45, 2.75) is 39.8 Å². The van der Waals surface area contributed by atoms with Gasteiger partial charge in [-0.3, -0.25) is 9.36 Å². The van der Waals surface area contributed by atoms with E-state index in [4.69, 9.17) is 18.9 Å². The molecule has 0 bridgehead atoms. The minimum absolute atomic E-state index is 0.0712. The Morgan fingerprint density at radius 1 is 1.10 bits per heavy atom. The molecule has 1 aromatic heterocycles. The highest BCUT2D eigenvalue weighted by Crippen LogP contribution is 2.36. The molecule has 4 rings (SSSR count). The molecule has 0 radical (unpaired) electrons. The Morgan fingerprint density at radius 2 is 1.83 bits per heavy atom. The van der Waals surface area contributed by atoms with Crippen LogP contribution in [0.5, 0.6) is 17.2 Å². The van der Waals surface area contributed by atoms with Crippen molar-refractivity contribution in [1.82, 2.24) is 4.57 Å². The third-order valence-corrected chi connectivity index (χ3v) is 7.13. The van der Waals surface area contributed by atoms with E-state index in [0.29, 0.717) is 37.8 Å². The molecule has 11 heteroatoms. The number of aromatic nitrogens is 1. The van der Waals surface area contributed by atoms with Crippen LogP contribution in [0, 0.1) is 0 Å². The van der Waals surface area contributed by atoms with Gasteiger partial charge in [0.15, 0.2) is 22.9 Å². The van der Waals surface area contributed by atoms with E-state index in [1.54, 1.807) is 56.3 Å². The molecule has 0 saturated carbocycles. The summed E-state index contributed by atoms with van der Waals surface area (Å²) in [7, 11) is 2.83. The van der Waals surface area contributed by atoms with Crippen molar-refractivity contribution in [2.75, 3.05) is 27.4 Å². The maximum atomic E-state index is 13.9. The van der Waals surface area contributed by atoms with Gasteiger partial charge in [0.2, 0.25) is 0 Å². The number of methoxy groups -OCH3 is 2. The van der Waals surface area contributed by atoms with Gasteiger partial charge in [0.05, 0.1) is 48.8 Å². The van der Waals surface area contributed by atoms with Crippen LogP contribution in [0.25, 0.3) is 6.08 Å². The number of carbonyl (C=O) groups excluding carboxylic acids is 2. The summed E-state index contributed by atoms with van der Waals surface area (Å²) in [6, 6.07) is 11.5. The lowest BCUT2D eigenvalue weighted by molar-refractivity contribution is -0.143. The van der Waals surface area contributed by atoms with E-state index in [2.05, 4.69) is 9.73 Å². The molecule has 41 heavy (non-hydrogen) atoms. The molecule has 216 valence electrons. The van der Waals surface area contributed by atoms with Gasteiger partial charge in [-0.05, 0) is 69.2 Å². The molecule has 10 nitrogen and oxygen atoms in total. The van der Waals surface area contributed by atoms with Gasteiger partial charge in [-0.1, -0.05) is 29.5 Å². The van der Waals surface area contributed by atoms with Crippen molar-refractivity contribution in [3.05, 3.63) is 84.5 Å². The predicted molar refractivity (Wildman–Crippen MR) is 153 cm³/mol. The number of fused-ring (bicyclic) bond motifs is 1. The van der Waals surface area contributed by atoms with E-state index in [1.165, 1.54) is 30.1 Å². The van der Waals surface area contributed by atoms with Gasteiger partial charge in [-0.15, -0.1) is 0 Å². The van der Waals surface area contributed by atoms with Gasteiger partial charge in [-0.2, -0.15) is 0 Å². The number of thiazole rings is 1. The van der Waals surface area contributed by atoms with E-state index in [0.717, 1.165) is 5.56 Å². The standard InChI is InChI=1S/C30H32N2O8S/c1-7-38-29(35)26-18(4)31-30-32(27(26)20-10-13-22(40-17(2)3)23(15-20)36-5)28(34)24(41-30)14-19-8-11-21(12-9-19)39-16-25(33)37-6/h8-15,17,27H,7,16H2,1-6H3. The summed E-state index contributed by atoms with van der Waals surface area (Å²) in [5, 5.41) is 0. The van der Waals surface area contributed by atoms with Crippen LogP contribution in [0.2, 0.25) is 0 Å². The fourth-order valence-electron chi connectivity index (χ4n) is 4.33. The maximum Gasteiger partial charge on any atom is 0.343 e. The number of ether oxygens (including phenoxy) is 5. The lowest BCUT2D eigenvalue weighted by Crippen LogP contribution is -2.40. The molecule has 1 aliphatic heterocycles. The largest absolute Gasteiger partial charge is 0.493 e. The topological polar surface area (TPSA) is 115 Å². The molecular weight excluding hydrogens is 548 g/mol. The fraction of sp³-hybridized carbons (Fsp3) is 0.333. The monoisotopic (exact) mass is 580 g/mol. The first-order chi connectivity index (χ1) is 19.7. The second-order valence-electron chi connectivity index (χ2n) is 9.31. The van der Waals surface area contributed by atoms with Crippen molar-refractivity contribution >= 4 is 29.4 Å². The normalized spacial score (nSPS) is 14.8. The number of carbonyl (C=O) groups is 2. The predicted octanol–water partition coefficient (Wildman–Crippen LogP) is 3.15. The van der Waals surface area contributed by atoms with Crippen LogP contribution in [0.1, 0.15) is 44.9 Å². The van der Waals surface area contributed by atoms with E-state index in [1.807, 2.05) is 19.9 Å². The van der Waals surface area contributed by atoms with Crippen molar-refractivity contribution in [3.8, 4) is 17.2 Å². The van der Waals surface area contributed by atoms with Crippen molar-refractivity contribution in [3.63, 3.8) is 0 Å². The van der Waals surface area contributed by atoms with E-state index >= 15 is 0 Å². The Morgan fingerprint density at radius 3 is 2.46 bits per heavy atom. The summed E-state index contributed by atoms with van der Waals surface area (Å²) in [5.74, 6) is 0.489. The summed E-state index contributed by atoms with van der Waals surface area (Å²) < 4.78 is 28.8. The number of benzene rings is 2. The van der Waals surface area contributed by atoms with Gasteiger partial charge in [0.1, 0.15) is 5.75 Å². The summed E-state index contributed by atoms with van der Waals surface area (Å²) in [6.45, 7) is 7.27. The molecule has 0 fully saturated rings. The van der Waals surface area contributed by atoms with Crippen LogP contribution in [-0.4, -0.2) is 50.0 Å².